The minimum absolute atomic E-state index is 0.00625. The minimum atomic E-state index is -0.00625. The summed E-state index contributed by atoms with van der Waals surface area (Å²) < 4.78 is 0. The minimum Gasteiger partial charge on any atom is -0.356 e. The van der Waals surface area contributed by atoms with Crippen molar-refractivity contribution in [1.29, 1.82) is 0 Å². The Balaban J connectivity index is 2.10. The van der Waals surface area contributed by atoms with Gasteiger partial charge in [0, 0.05) is 48.9 Å². The van der Waals surface area contributed by atoms with E-state index in [2.05, 4.69) is 26.1 Å². The van der Waals surface area contributed by atoms with Gasteiger partial charge >= 0.3 is 0 Å². The standard InChI is InChI=1S/C22H36N4O2/c1-7-10-23-19(27)12-18-15(2)24-21(25-16(18)3)17-9-8-11-26(14-17)20(28)13-22(4,5)6/h17H,7-14H2,1-6H3,(H,23,27). The first kappa shape index (κ1) is 22.3. The first-order chi connectivity index (χ1) is 13.1. The second kappa shape index (κ2) is 9.48. The van der Waals surface area contributed by atoms with Gasteiger partial charge < -0.3 is 10.2 Å². The summed E-state index contributed by atoms with van der Waals surface area (Å²) in [6, 6.07) is 0. The maximum Gasteiger partial charge on any atom is 0.224 e. The molecule has 1 aliphatic heterocycles. The second-order valence-electron chi connectivity index (χ2n) is 9.17. The lowest BCUT2D eigenvalue weighted by atomic mass is 9.90. The SMILES string of the molecule is CCCNC(=O)Cc1c(C)nc(C2CCCN(C(=O)CC(C)(C)C)C2)nc1C. The molecular weight excluding hydrogens is 352 g/mol. The highest BCUT2D eigenvalue weighted by Crippen LogP contribution is 2.28. The molecule has 2 rings (SSSR count). The largest absolute Gasteiger partial charge is 0.356 e. The first-order valence-corrected chi connectivity index (χ1v) is 10.5. The van der Waals surface area contributed by atoms with Crippen molar-refractivity contribution in [2.75, 3.05) is 19.6 Å². The lowest BCUT2D eigenvalue weighted by Crippen LogP contribution is -2.41. The fraction of sp³-hybridized carbons (Fsp3) is 0.727. The number of nitrogens with one attached hydrogen (secondary N) is 1. The van der Waals surface area contributed by atoms with Gasteiger partial charge in [-0.1, -0.05) is 27.7 Å². The lowest BCUT2D eigenvalue weighted by Gasteiger charge is -2.34. The van der Waals surface area contributed by atoms with Crippen LogP contribution in [0, 0.1) is 19.3 Å². The number of amides is 2. The number of hydrogen-bond acceptors (Lipinski definition) is 4. The van der Waals surface area contributed by atoms with Crippen LogP contribution in [0.15, 0.2) is 0 Å². The van der Waals surface area contributed by atoms with Gasteiger partial charge in [-0.3, -0.25) is 9.59 Å². The molecule has 0 bridgehead atoms. The zero-order valence-corrected chi connectivity index (χ0v) is 18.4. The Morgan fingerprint density at radius 3 is 2.39 bits per heavy atom. The van der Waals surface area contributed by atoms with E-state index in [9.17, 15) is 9.59 Å². The van der Waals surface area contributed by atoms with Gasteiger partial charge in [0.15, 0.2) is 0 Å². The van der Waals surface area contributed by atoms with Crippen LogP contribution in [-0.4, -0.2) is 46.3 Å². The number of aromatic nitrogens is 2. The quantitative estimate of drug-likeness (QED) is 0.811. The van der Waals surface area contributed by atoms with Gasteiger partial charge in [-0.2, -0.15) is 0 Å². The third kappa shape index (κ3) is 6.28. The number of likely N-dealkylation sites (tertiary alicyclic amines) is 1. The summed E-state index contributed by atoms with van der Waals surface area (Å²) in [7, 11) is 0. The van der Waals surface area contributed by atoms with E-state index in [-0.39, 0.29) is 23.1 Å². The molecule has 6 heteroatoms. The Hall–Kier alpha value is -1.98. The molecule has 2 amide bonds. The fourth-order valence-corrected chi connectivity index (χ4v) is 3.67. The molecule has 6 nitrogen and oxygen atoms in total. The van der Waals surface area contributed by atoms with Crippen molar-refractivity contribution in [3.63, 3.8) is 0 Å². The number of hydrogen-bond donors (Lipinski definition) is 1. The van der Waals surface area contributed by atoms with E-state index in [1.807, 2.05) is 25.7 Å². The molecule has 156 valence electrons. The summed E-state index contributed by atoms with van der Waals surface area (Å²) >= 11 is 0. The van der Waals surface area contributed by atoms with Gasteiger partial charge in [-0.25, -0.2) is 9.97 Å². The molecule has 0 saturated carbocycles. The average molecular weight is 389 g/mol. The van der Waals surface area contributed by atoms with Gasteiger partial charge in [-0.05, 0) is 38.5 Å². The predicted molar refractivity (Wildman–Crippen MR) is 111 cm³/mol. The van der Waals surface area contributed by atoms with E-state index >= 15 is 0 Å². The van der Waals surface area contributed by atoms with Crippen LogP contribution in [0.2, 0.25) is 0 Å². The zero-order chi connectivity index (χ0) is 20.9. The van der Waals surface area contributed by atoms with Crippen LogP contribution in [0.1, 0.15) is 82.1 Å². The Morgan fingerprint density at radius 2 is 1.82 bits per heavy atom. The van der Waals surface area contributed by atoms with Gasteiger partial charge in [-0.15, -0.1) is 0 Å². The summed E-state index contributed by atoms with van der Waals surface area (Å²) in [5, 5.41) is 2.91. The topological polar surface area (TPSA) is 75.2 Å². The van der Waals surface area contributed by atoms with E-state index in [1.165, 1.54) is 0 Å². The maximum absolute atomic E-state index is 12.6. The van der Waals surface area contributed by atoms with Crippen molar-refractivity contribution in [3.05, 3.63) is 22.8 Å². The van der Waals surface area contributed by atoms with Crippen LogP contribution in [-0.2, 0) is 16.0 Å². The zero-order valence-electron chi connectivity index (χ0n) is 18.4. The number of rotatable bonds is 6. The van der Waals surface area contributed by atoms with E-state index in [4.69, 9.17) is 9.97 Å². The first-order valence-electron chi connectivity index (χ1n) is 10.5. The van der Waals surface area contributed by atoms with Crippen LogP contribution in [0.4, 0.5) is 0 Å². The molecule has 1 saturated heterocycles. The maximum atomic E-state index is 12.6. The van der Waals surface area contributed by atoms with Crippen molar-refractivity contribution < 1.29 is 9.59 Å². The van der Waals surface area contributed by atoms with Crippen molar-refractivity contribution in [2.24, 2.45) is 5.41 Å². The Bertz CT molecular complexity index is 686. The van der Waals surface area contributed by atoms with Gasteiger partial charge in [0.25, 0.3) is 0 Å². The van der Waals surface area contributed by atoms with E-state index in [0.717, 1.165) is 48.6 Å². The third-order valence-electron chi connectivity index (χ3n) is 5.17. The van der Waals surface area contributed by atoms with Crippen LogP contribution in [0.25, 0.3) is 0 Å². The second-order valence-corrected chi connectivity index (χ2v) is 9.17. The molecule has 0 aromatic carbocycles. The fourth-order valence-electron chi connectivity index (χ4n) is 3.67. The van der Waals surface area contributed by atoms with Crippen LogP contribution in [0.3, 0.4) is 0 Å². The number of nitrogens with zero attached hydrogens (tertiary/aromatic N) is 3. The molecule has 1 unspecified atom stereocenters. The molecule has 1 N–H and O–H groups in total. The molecule has 1 aliphatic rings. The average Bonchev–Trinajstić information content (AvgIpc) is 2.61. The molecule has 1 aromatic rings. The number of carbonyl (C=O) groups is 2. The summed E-state index contributed by atoms with van der Waals surface area (Å²) in [5.74, 6) is 1.20. The Labute approximate surface area is 169 Å². The predicted octanol–water partition coefficient (Wildman–Crippen LogP) is 3.30. The van der Waals surface area contributed by atoms with Gasteiger partial charge in [0.2, 0.25) is 11.8 Å². The monoisotopic (exact) mass is 388 g/mol. The molecule has 0 aliphatic carbocycles. The summed E-state index contributed by atoms with van der Waals surface area (Å²) in [5.41, 5.74) is 2.64. The van der Waals surface area contributed by atoms with Crippen LogP contribution in [0.5, 0.6) is 0 Å². The summed E-state index contributed by atoms with van der Waals surface area (Å²) in [4.78, 5) is 36.1. The molecule has 1 aromatic heterocycles. The number of aryl methyl sites for hydroxylation is 2. The molecule has 0 spiro atoms. The van der Waals surface area contributed by atoms with E-state index < -0.39 is 0 Å². The normalized spacial score (nSPS) is 17.5. The number of carbonyl (C=O) groups excluding carboxylic acids is 2. The smallest absolute Gasteiger partial charge is 0.224 e. The third-order valence-corrected chi connectivity index (χ3v) is 5.17. The van der Waals surface area contributed by atoms with Gasteiger partial charge in [0.1, 0.15) is 5.82 Å². The Kier molecular flexibility index (Phi) is 7.55. The lowest BCUT2D eigenvalue weighted by molar-refractivity contribution is -0.134. The van der Waals surface area contributed by atoms with Crippen molar-refractivity contribution in [2.45, 2.75) is 79.6 Å². The summed E-state index contributed by atoms with van der Waals surface area (Å²) in [6.07, 6.45) is 3.77. The molecule has 2 heterocycles. The molecular formula is C22H36N4O2. The highest BCUT2D eigenvalue weighted by atomic mass is 16.2. The highest BCUT2D eigenvalue weighted by Gasteiger charge is 2.29. The highest BCUT2D eigenvalue weighted by molar-refractivity contribution is 5.79. The van der Waals surface area contributed by atoms with Crippen LogP contribution >= 0.6 is 0 Å². The molecule has 1 fully saturated rings. The van der Waals surface area contributed by atoms with Crippen molar-refractivity contribution >= 4 is 11.8 Å². The van der Waals surface area contributed by atoms with E-state index in [0.29, 0.717) is 25.9 Å². The molecule has 0 radical (unpaired) electrons. The van der Waals surface area contributed by atoms with Crippen molar-refractivity contribution in [3.8, 4) is 0 Å². The molecule has 1 atom stereocenters. The van der Waals surface area contributed by atoms with E-state index in [1.54, 1.807) is 0 Å². The number of piperidine rings is 1. The molecule has 28 heavy (non-hydrogen) atoms. The van der Waals surface area contributed by atoms with Crippen molar-refractivity contribution in [1.82, 2.24) is 20.2 Å². The van der Waals surface area contributed by atoms with Gasteiger partial charge in [0.05, 0.1) is 6.42 Å². The van der Waals surface area contributed by atoms with Crippen LogP contribution < -0.4 is 5.32 Å². The Morgan fingerprint density at radius 1 is 1.18 bits per heavy atom. The summed E-state index contributed by atoms with van der Waals surface area (Å²) in [6.45, 7) is 14.4.